The van der Waals surface area contributed by atoms with E-state index in [0.717, 1.165) is 23.1 Å². The van der Waals surface area contributed by atoms with E-state index in [2.05, 4.69) is 21.2 Å². The number of rotatable bonds is 9. The Morgan fingerprint density at radius 1 is 1.29 bits per heavy atom. The van der Waals surface area contributed by atoms with Gasteiger partial charge in [-0.3, -0.25) is 4.79 Å². The van der Waals surface area contributed by atoms with Crippen LogP contribution in [0.2, 0.25) is 0 Å². The first-order valence-corrected chi connectivity index (χ1v) is 8.14. The second-order valence-electron chi connectivity index (χ2n) is 5.10. The molecule has 118 valence electrons. The number of halogens is 1. The van der Waals surface area contributed by atoms with Crippen molar-refractivity contribution in [3.05, 3.63) is 28.7 Å². The highest BCUT2D eigenvalue weighted by Crippen LogP contribution is 2.17. The highest BCUT2D eigenvalue weighted by atomic mass is 79.9. The van der Waals surface area contributed by atoms with Gasteiger partial charge in [-0.25, -0.2) is 0 Å². The topological polar surface area (TPSA) is 58.6 Å². The Kier molecular flexibility index (Phi) is 7.75. The second-order valence-corrected chi connectivity index (χ2v) is 6.02. The Hall–Kier alpha value is -1.07. The standard InChI is InChI=1S/C16H24BrNO3/c1-3-16(4-2,12-19)18-15(20)6-5-11-21-14-9-7-13(17)8-10-14/h7-10,19H,3-6,11-12H2,1-2H3,(H,18,20). The minimum atomic E-state index is -0.482. The van der Waals surface area contributed by atoms with E-state index >= 15 is 0 Å². The van der Waals surface area contributed by atoms with Gasteiger partial charge in [0.05, 0.1) is 18.8 Å². The largest absolute Gasteiger partial charge is 0.494 e. The number of hydrogen-bond acceptors (Lipinski definition) is 3. The summed E-state index contributed by atoms with van der Waals surface area (Å²) in [5.74, 6) is 0.762. The molecule has 1 rings (SSSR count). The van der Waals surface area contributed by atoms with Crippen LogP contribution in [0.15, 0.2) is 28.7 Å². The number of hydrogen-bond donors (Lipinski definition) is 2. The van der Waals surface area contributed by atoms with E-state index in [4.69, 9.17) is 4.74 Å². The molecule has 0 radical (unpaired) electrons. The number of nitrogens with one attached hydrogen (secondary N) is 1. The third-order valence-corrected chi connectivity index (χ3v) is 4.22. The zero-order valence-corrected chi connectivity index (χ0v) is 14.3. The molecule has 0 aliphatic heterocycles. The van der Waals surface area contributed by atoms with Crippen molar-refractivity contribution in [2.75, 3.05) is 13.2 Å². The van der Waals surface area contributed by atoms with Gasteiger partial charge in [-0.1, -0.05) is 29.8 Å². The minimum Gasteiger partial charge on any atom is -0.494 e. The zero-order valence-electron chi connectivity index (χ0n) is 12.7. The molecule has 1 aromatic rings. The molecule has 1 aromatic carbocycles. The van der Waals surface area contributed by atoms with Crippen LogP contribution in [-0.2, 0) is 4.79 Å². The smallest absolute Gasteiger partial charge is 0.220 e. The Morgan fingerprint density at radius 2 is 1.90 bits per heavy atom. The van der Waals surface area contributed by atoms with Crippen molar-refractivity contribution in [1.82, 2.24) is 5.32 Å². The number of ether oxygens (including phenoxy) is 1. The van der Waals surface area contributed by atoms with E-state index in [-0.39, 0.29) is 12.5 Å². The molecule has 4 nitrogen and oxygen atoms in total. The molecule has 0 aromatic heterocycles. The van der Waals surface area contributed by atoms with Gasteiger partial charge in [0, 0.05) is 10.9 Å². The maximum absolute atomic E-state index is 11.9. The molecule has 0 fully saturated rings. The van der Waals surface area contributed by atoms with Gasteiger partial charge in [0.1, 0.15) is 5.75 Å². The molecule has 0 atom stereocenters. The van der Waals surface area contributed by atoms with Crippen molar-refractivity contribution in [2.24, 2.45) is 0 Å². The highest BCUT2D eigenvalue weighted by Gasteiger charge is 2.26. The normalized spacial score (nSPS) is 11.2. The lowest BCUT2D eigenvalue weighted by Crippen LogP contribution is -2.50. The lowest BCUT2D eigenvalue weighted by Gasteiger charge is -2.30. The first kappa shape index (κ1) is 18.0. The first-order valence-electron chi connectivity index (χ1n) is 7.35. The first-order chi connectivity index (χ1) is 10.0. The Balaban J connectivity index is 2.28. The molecule has 1 amide bonds. The van der Waals surface area contributed by atoms with Gasteiger partial charge in [0.15, 0.2) is 0 Å². The monoisotopic (exact) mass is 357 g/mol. The molecule has 5 heteroatoms. The molecule has 0 aliphatic carbocycles. The van der Waals surface area contributed by atoms with Gasteiger partial charge >= 0.3 is 0 Å². The predicted molar refractivity (Wildman–Crippen MR) is 87.4 cm³/mol. The number of carbonyl (C=O) groups excluding carboxylic acids is 1. The van der Waals surface area contributed by atoms with E-state index in [1.165, 1.54) is 0 Å². The van der Waals surface area contributed by atoms with E-state index in [9.17, 15) is 9.90 Å². The van der Waals surface area contributed by atoms with Crippen LogP contribution >= 0.6 is 15.9 Å². The van der Waals surface area contributed by atoms with Crippen molar-refractivity contribution in [3.63, 3.8) is 0 Å². The summed E-state index contributed by atoms with van der Waals surface area (Å²) in [6.07, 6.45) is 2.50. The van der Waals surface area contributed by atoms with Crippen molar-refractivity contribution in [2.45, 2.75) is 45.1 Å². The summed E-state index contributed by atoms with van der Waals surface area (Å²) in [7, 11) is 0. The minimum absolute atomic E-state index is 0.0267. The number of benzene rings is 1. The lowest BCUT2D eigenvalue weighted by molar-refractivity contribution is -0.124. The maximum atomic E-state index is 11.9. The summed E-state index contributed by atoms with van der Waals surface area (Å²) in [4.78, 5) is 11.9. The van der Waals surface area contributed by atoms with E-state index in [0.29, 0.717) is 19.4 Å². The van der Waals surface area contributed by atoms with Crippen molar-refractivity contribution < 1.29 is 14.6 Å². The van der Waals surface area contributed by atoms with Crippen LogP contribution in [-0.4, -0.2) is 29.8 Å². The summed E-state index contributed by atoms with van der Waals surface area (Å²) < 4.78 is 6.58. The van der Waals surface area contributed by atoms with Crippen LogP contribution in [0.3, 0.4) is 0 Å². The lowest BCUT2D eigenvalue weighted by atomic mass is 9.93. The molecule has 0 saturated heterocycles. The highest BCUT2D eigenvalue weighted by molar-refractivity contribution is 9.10. The molecule has 0 heterocycles. The summed E-state index contributed by atoms with van der Waals surface area (Å²) >= 11 is 3.37. The van der Waals surface area contributed by atoms with E-state index in [1.807, 2.05) is 38.1 Å². The van der Waals surface area contributed by atoms with Gasteiger partial charge in [-0.15, -0.1) is 0 Å². The van der Waals surface area contributed by atoms with Gasteiger partial charge < -0.3 is 15.2 Å². The van der Waals surface area contributed by atoms with Crippen LogP contribution in [0.25, 0.3) is 0 Å². The summed E-state index contributed by atoms with van der Waals surface area (Å²) in [5, 5.41) is 12.4. The molecule has 0 saturated carbocycles. The molecule has 2 N–H and O–H groups in total. The van der Waals surface area contributed by atoms with Crippen LogP contribution in [0, 0.1) is 0 Å². The van der Waals surface area contributed by atoms with Gasteiger partial charge in [-0.2, -0.15) is 0 Å². The van der Waals surface area contributed by atoms with Crippen molar-refractivity contribution in [3.8, 4) is 5.75 Å². The predicted octanol–water partition coefficient (Wildman–Crippen LogP) is 3.28. The van der Waals surface area contributed by atoms with E-state index in [1.54, 1.807) is 0 Å². The van der Waals surface area contributed by atoms with Crippen LogP contribution < -0.4 is 10.1 Å². The fourth-order valence-electron chi connectivity index (χ4n) is 2.00. The van der Waals surface area contributed by atoms with Gasteiger partial charge in [0.2, 0.25) is 5.91 Å². The molecule has 0 spiro atoms. The third kappa shape index (κ3) is 6.06. The SMILES string of the molecule is CCC(CC)(CO)NC(=O)CCCOc1ccc(Br)cc1. The number of amides is 1. The summed E-state index contributed by atoms with van der Waals surface area (Å²) in [6.45, 7) is 4.41. The number of carbonyl (C=O) groups is 1. The molecular formula is C16H24BrNO3. The fourth-order valence-corrected chi connectivity index (χ4v) is 2.27. The number of aliphatic hydroxyl groups is 1. The second kappa shape index (κ2) is 9.05. The Bertz CT molecular complexity index is 421. The van der Waals surface area contributed by atoms with Gasteiger partial charge in [0.25, 0.3) is 0 Å². The summed E-state index contributed by atoms with van der Waals surface area (Å²) in [6, 6.07) is 7.60. The Labute approximate surface area is 135 Å². The number of aliphatic hydroxyl groups excluding tert-OH is 1. The molecule has 0 unspecified atom stereocenters. The van der Waals surface area contributed by atoms with Gasteiger partial charge in [-0.05, 0) is 43.5 Å². The molecule has 0 aliphatic rings. The van der Waals surface area contributed by atoms with Crippen LogP contribution in [0.5, 0.6) is 5.75 Å². The van der Waals surface area contributed by atoms with Crippen molar-refractivity contribution >= 4 is 21.8 Å². The quantitative estimate of drug-likeness (QED) is 0.666. The van der Waals surface area contributed by atoms with Crippen LogP contribution in [0.4, 0.5) is 0 Å². The molecule has 0 bridgehead atoms. The zero-order chi connectivity index (χ0) is 15.7. The maximum Gasteiger partial charge on any atom is 0.220 e. The summed E-state index contributed by atoms with van der Waals surface area (Å²) in [5.41, 5.74) is -0.482. The fraction of sp³-hybridized carbons (Fsp3) is 0.562. The van der Waals surface area contributed by atoms with Crippen molar-refractivity contribution in [1.29, 1.82) is 0 Å². The average Bonchev–Trinajstić information content (AvgIpc) is 2.51. The van der Waals surface area contributed by atoms with E-state index < -0.39 is 5.54 Å². The molecular weight excluding hydrogens is 334 g/mol. The molecule has 21 heavy (non-hydrogen) atoms. The van der Waals surface area contributed by atoms with Crippen LogP contribution in [0.1, 0.15) is 39.5 Å². The third-order valence-electron chi connectivity index (χ3n) is 3.69. The Morgan fingerprint density at radius 3 is 2.43 bits per heavy atom. The average molecular weight is 358 g/mol.